The number of anilines is 2. The number of aromatic nitrogens is 1. The molecule has 3 nitrogen and oxygen atoms in total. The quantitative estimate of drug-likeness (QED) is 0.854. The average molecular weight is 271 g/mol. The number of nitrogens with two attached hydrogens (primary N) is 1. The zero-order valence-corrected chi connectivity index (χ0v) is 12.2. The van der Waals surface area contributed by atoms with E-state index in [2.05, 4.69) is 38.2 Å². The molecule has 1 saturated heterocycles. The van der Waals surface area contributed by atoms with Crippen LogP contribution in [-0.2, 0) is 0 Å². The predicted molar refractivity (Wildman–Crippen MR) is 84.4 cm³/mol. The summed E-state index contributed by atoms with van der Waals surface area (Å²) in [5, 5.41) is 0.289. The molecule has 2 aromatic rings. The van der Waals surface area contributed by atoms with Gasteiger partial charge in [0.2, 0.25) is 0 Å². The van der Waals surface area contributed by atoms with Gasteiger partial charge in [0.05, 0.1) is 5.69 Å². The van der Waals surface area contributed by atoms with E-state index < -0.39 is 0 Å². The minimum Gasteiger partial charge on any atom is -0.395 e. The van der Waals surface area contributed by atoms with Gasteiger partial charge in [0.1, 0.15) is 0 Å². The van der Waals surface area contributed by atoms with Crippen LogP contribution in [0.25, 0.3) is 11.1 Å². The molecule has 19 heavy (non-hydrogen) atoms. The van der Waals surface area contributed by atoms with Crippen molar-refractivity contribution in [3.63, 3.8) is 0 Å². The molecular formula is C15H18N3P. The van der Waals surface area contributed by atoms with Crippen LogP contribution < -0.4 is 10.6 Å². The van der Waals surface area contributed by atoms with Crippen LogP contribution in [0.1, 0.15) is 6.92 Å². The molecule has 1 unspecified atom stereocenters. The van der Waals surface area contributed by atoms with Gasteiger partial charge < -0.3 is 10.6 Å². The first-order chi connectivity index (χ1) is 9.07. The topological polar surface area (TPSA) is 42.2 Å². The molecule has 1 aromatic carbocycles. The number of pyridine rings is 1. The maximum absolute atomic E-state index is 6.30. The van der Waals surface area contributed by atoms with Gasteiger partial charge >= 0.3 is 0 Å². The van der Waals surface area contributed by atoms with Crippen molar-refractivity contribution in [1.82, 2.24) is 4.98 Å². The van der Waals surface area contributed by atoms with Gasteiger partial charge in [0.25, 0.3) is 0 Å². The number of nitrogen functional groups attached to an aromatic ring is 1. The molecule has 0 aliphatic carbocycles. The lowest BCUT2D eigenvalue weighted by Gasteiger charge is -2.46. The van der Waals surface area contributed by atoms with Crippen molar-refractivity contribution >= 4 is 20.7 Å². The third-order valence-electron chi connectivity index (χ3n) is 3.46. The van der Waals surface area contributed by atoms with E-state index in [9.17, 15) is 0 Å². The molecule has 1 aliphatic rings. The molecule has 98 valence electrons. The van der Waals surface area contributed by atoms with Crippen molar-refractivity contribution < 1.29 is 0 Å². The van der Waals surface area contributed by atoms with Crippen LogP contribution in [0.15, 0.2) is 42.6 Å². The van der Waals surface area contributed by atoms with E-state index in [1.165, 1.54) is 0 Å². The number of nitrogens with zero attached hydrogens (tertiary/aromatic N) is 2. The van der Waals surface area contributed by atoms with Crippen LogP contribution in [0, 0.1) is 0 Å². The van der Waals surface area contributed by atoms with Crippen molar-refractivity contribution in [2.24, 2.45) is 0 Å². The van der Waals surface area contributed by atoms with Gasteiger partial charge in [-0.05, 0) is 11.6 Å². The second-order valence-corrected chi connectivity index (χ2v) is 6.87. The van der Waals surface area contributed by atoms with Crippen LogP contribution >= 0.6 is 9.24 Å². The molecule has 0 amide bonds. The van der Waals surface area contributed by atoms with Gasteiger partial charge in [-0.2, -0.15) is 0 Å². The van der Waals surface area contributed by atoms with Crippen molar-refractivity contribution in [2.75, 3.05) is 23.7 Å². The summed E-state index contributed by atoms with van der Waals surface area (Å²) in [4.78, 5) is 6.67. The van der Waals surface area contributed by atoms with E-state index in [0.717, 1.165) is 35.7 Å². The lowest BCUT2D eigenvalue weighted by atomic mass is 9.99. The minimum absolute atomic E-state index is 0.289. The van der Waals surface area contributed by atoms with E-state index in [1.807, 2.05) is 30.5 Å². The maximum Gasteiger partial charge on any atom is 0.152 e. The zero-order chi connectivity index (χ0) is 13.5. The predicted octanol–water partition coefficient (Wildman–Crippen LogP) is 2.78. The second-order valence-electron chi connectivity index (χ2n) is 5.47. The summed E-state index contributed by atoms with van der Waals surface area (Å²) in [6, 6.07) is 12.2. The van der Waals surface area contributed by atoms with E-state index in [-0.39, 0.29) is 5.16 Å². The van der Waals surface area contributed by atoms with Crippen LogP contribution in [0.2, 0.25) is 0 Å². The largest absolute Gasteiger partial charge is 0.395 e. The molecule has 4 heteroatoms. The first-order valence-corrected chi connectivity index (χ1v) is 6.98. The molecule has 1 fully saturated rings. The van der Waals surface area contributed by atoms with Crippen LogP contribution in [0.3, 0.4) is 0 Å². The summed E-state index contributed by atoms with van der Waals surface area (Å²) in [7, 11) is 2.89. The molecule has 0 bridgehead atoms. The summed E-state index contributed by atoms with van der Waals surface area (Å²) in [5.41, 5.74) is 9.27. The summed E-state index contributed by atoms with van der Waals surface area (Å²) in [6.07, 6.45) is 1.84. The van der Waals surface area contributed by atoms with Crippen LogP contribution in [0.5, 0.6) is 0 Å². The van der Waals surface area contributed by atoms with E-state index >= 15 is 0 Å². The third-order valence-corrected chi connectivity index (χ3v) is 3.82. The fourth-order valence-electron chi connectivity index (χ4n) is 2.56. The molecule has 0 saturated carbocycles. The molecule has 3 rings (SSSR count). The third kappa shape index (κ3) is 2.31. The summed E-state index contributed by atoms with van der Waals surface area (Å²) in [5.74, 6) is 0.904. The van der Waals surface area contributed by atoms with Crippen LogP contribution in [0.4, 0.5) is 11.5 Å². The molecule has 0 radical (unpaired) electrons. The highest BCUT2D eigenvalue weighted by molar-refractivity contribution is 7.19. The lowest BCUT2D eigenvalue weighted by molar-refractivity contribution is 0.490. The number of benzene rings is 1. The Morgan fingerprint density at radius 1 is 1.21 bits per heavy atom. The Kier molecular flexibility index (Phi) is 2.94. The Morgan fingerprint density at radius 3 is 2.53 bits per heavy atom. The Hall–Kier alpha value is -1.60. The normalized spacial score (nSPS) is 17.1. The molecule has 2 N–H and O–H groups in total. The Bertz CT molecular complexity index is 588. The van der Waals surface area contributed by atoms with E-state index in [0.29, 0.717) is 0 Å². The SMILES string of the molecule is CC1(P)CN(c2nccc(-c3ccccc3)c2N)C1. The first kappa shape index (κ1) is 12.4. The Balaban J connectivity index is 1.96. The highest BCUT2D eigenvalue weighted by Crippen LogP contribution is 2.38. The van der Waals surface area contributed by atoms with Crippen molar-refractivity contribution in [3.05, 3.63) is 42.6 Å². The standard InChI is InChI=1S/C15H18N3P/c1-15(19)9-18(10-15)14-13(16)12(7-8-17-14)11-5-3-2-4-6-11/h2-8H,9-10,16,19H2,1H3. The number of hydrogen-bond acceptors (Lipinski definition) is 3. The minimum atomic E-state index is 0.289. The smallest absolute Gasteiger partial charge is 0.152 e. The molecule has 1 aliphatic heterocycles. The van der Waals surface area contributed by atoms with Gasteiger partial charge in [0.15, 0.2) is 5.82 Å². The monoisotopic (exact) mass is 271 g/mol. The van der Waals surface area contributed by atoms with Gasteiger partial charge in [0, 0.05) is 30.0 Å². The van der Waals surface area contributed by atoms with Crippen molar-refractivity contribution in [2.45, 2.75) is 12.1 Å². The number of hydrogen-bond donors (Lipinski definition) is 1. The Labute approximate surface area is 116 Å². The highest BCUT2D eigenvalue weighted by atomic mass is 31.0. The fourth-order valence-corrected chi connectivity index (χ4v) is 3.00. The van der Waals surface area contributed by atoms with Crippen molar-refractivity contribution in [1.29, 1.82) is 0 Å². The van der Waals surface area contributed by atoms with E-state index in [4.69, 9.17) is 5.73 Å². The fraction of sp³-hybridized carbons (Fsp3) is 0.267. The molecule has 1 atom stereocenters. The molecule has 2 heterocycles. The lowest BCUT2D eigenvalue weighted by Crippen LogP contribution is -2.56. The van der Waals surface area contributed by atoms with Gasteiger partial charge in [-0.3, -0.25) is 0 Å². The summed E-state index contributed by atoms with van der Waals surface area (Å²) in [6.45, 7) is 4.19. The zero-order valence-electron chi connectivity index (χ0n) is 11.0. The average Bonchev–Trinajstić information content (AvgIpc) is 2.37. The second kappa shape index (κ2) is 4.50. The first-order valence-electron chi connectivity index (χ1n) is 6.41. The Morgan fingerprint density at radius 2 is 1.89 bits per heavy atom. The molecule has 0 spiro atoms. The maximum atomic E-state index is 6.30. The van der Waals surface area contributed by atoms with Gasteiger partial charge in [-0.25, -0.2) is 4.98 Å². The summed E-state index contributed by atoms with van der Waals surface area (Å²) < 4.78 is 0. The number of rotatable bonds is 2. The van der Waals surface area contributed by atoms with Gasteiger partial charge in [-0.15, -0.1) is 9.24 Å². The van der Waals surface area contributed by atoms with Crippen LogP contribution in [-0.4, -0.2) is 23.2 Å². The van der Waals surface area contributed by atoms with E-state index in [1.54, 1.807) is 0 Å². The van der Waals surface area contributed by atoms with Gasteiger partial charge in [-0.1, -0.05) is 37.3 Å². The molecule has 1 aromatic heterocycles. The van der Waals surface area contributed by atoms with Crippen molar-refractivity contribution in [3.8, 4) is 11.1 Å². The molecular weight excluding hydrogens is 253 g/mol. The summed E-state index contributed by atoms with van der Waals surface area (Å²) >= 11 is 0. The highest BCUT2D eigenvalue weighted by Gasteiger charge is 2.36.